The molecule has 1 saturated heterocycles. The lowest BCUT2D eigenvalue weighted by Gasteiger charge is -2.19. The largest absolute Gasteiger partial charge is 0.342 e. The SMILES string of the molecule is c1ccc2[nH]c(Cc3noc([C@H]4CCCCN4)n3)nc2c1. The molecule has 1 aliphatic rings. The van der Waals surface area contributed by atoms with Gasteiger partial charge < -0.3 is 14.8 Å². The fourth-order valence-electron chi connectivity index (χ4n) is 2.78. The molecule has 2 N–H and O–H groups in total. The summed E-state index contributed by atoms with van der Waals surface area (Å²) >= 11 is 0. The molecule has 1 aromatic carbocycles. The molecule has 0 aliphatic carbocycles. The molecule has 0 saturated carbocycles. The first-order valence-corrected chi connectivity index (χ1v) is 7.38. The Morgan fingerprint density at radius 1 is 1.19 bits per heavy atom. The lowest BCUT2D eigenvalue weighted by molar-refractivity contribution is 0.296. The smallest absolute Gasteiger partial charge is 0.243 e. The van der Waals surface area contributed by atoms with Crippen molar-refractivity contribution < 1.29 is 4.52 Å². The number of aromatic nitrogens is 4. The molecule has 0 amide bonds. The van der Waals surface area contributed by atoms with Crippen LogP contribution in [0.25, 0.3) is 11.0 Å². The Balaban J connectivity index is 1.52. The van der Waals surface area contributed by atoms with Crippen LogP contribution in [0, 0.1) is 0 Å². The van der Waals surface area contributed by atoms with Crippen molar-refractivity contribution in [2.75, 3.05) is 6.54 Å². The number of nitrogens with zero attached hydrogens (tertiary/aromatic N) is 3. The van der Waals surface area contributed by atoms with Crippen LogP contribution in [0.5, 0.6) is 0 Å². The van der Waals surface area contributed by atoms with Crippen molar-refractivity contribution in [1.29, 1.82) is 0 Å². The van der Waals surface area contributed by atoms with Gasteiger partial charge in [0, 0.05) is 0 Å². The molecule has 108 valence electrons. The van der Waals surface area contributed by atoms with Gasteiger partial charge in [-0.3, -0.25) is 0 Å². The second-order valence-electron chi connectivity index (χ2n) is 5.43. The van der Waals surface area contributed by atoms with Gasteiger partial charge in [-0.05, 0) is 31.5 Å². The van der Waals surface area contributed by atoms with Crippen LogP contribution in [0.1, 0.15) is 42.8 Å². The molecular formula is C15H17N5O. The van der Waals surface area contributed by atoms with E-state index < -0.39 is 0 Å². The Labute approximate surface area is 122 Å². The fourth-order valence-corrected chi connectivity index (χ4v) is 2.78. The van der Waals surface area contributed by atoms with E-state index in [1.807, 2.05) is 24.3 Å². The number of benzene rings is 1. The van der Waals surface area contributed by atoms with Crippen LogP contribution in [-0.4, -0.2) is 26.7 Å². The van der Waals surface area contributed by atoms with E-state index in [-0.39, 0.29) is 6.04 Å². The topological polar surface area (TPSA) is 79.6 Å². The summed E-state index contributed by atoms with van der Waals surface area (Å²) < 4.78 is 5.39. The Kier molecular flexibility index (Phi) is 3.16. The molecule has 1 atom stereocenters. The number of H-pyrrole nitrogens is 1. The number of hydrogen-bond donors (Lipinski definition) is 2. The molecule has 0 spiro atoms. The number of rotatable bonds is 3. The van der Waals surface area contributed by atoms with Crippen molar-refractivity contribution in [3.63, 3.8) is 0 Å². The zero-order chi connectivity index (χ0) is 14.1. The highest BCUT2D eigenvalue weighted by Gasteiger charge is 2.21. The van der Waals surface area contributed by atoms with E-state index in [2.05, 4.69) is 25.4 Å². The molecule has 21 heavy (non-hydrogen) atoms. The predicted octanol–water partition coefficient (Wildman–Crippen LogP) is 2.35. The average Bonchev–Trinajstić information content (AvgIpc) is 3.14. The van der Waals surface area contributed by atoms with Gasteiger partial charge in [0.05, 0.1) is 23.5 Å². The molecule has 1 aliphatic heterocycles. The summed E-state index contributed by atoms with van der Waals surface area (Å²) in [6.45, 7) is 1.02. The first-order chi connectivity index (χ1) is 10.4. The van der Waals surface area contributed by atoms with E-state index in [1.54, 1.807) is 0 Å². The maximum absolute atomic E-state index is 5.39. The molecule has 3 heterocycles. The van der Waals surface area contributed by atoms with Gasteiger partial charge in [0.1, 0.15) is 5.82 Å². The summed E-state index contributed by atoms with van der Waals surface area (Å²) in [6.07, 6.45) is 4.05. The van der Waals surface area contributed by atoms with Gasteiger partial charge in [0.2, 0.25) is 5.89 Å². The van der Waals surface area contributed by atoms with Crippen LogP contribution < -0.4 is 5.32 Å². The van der Waals surface area contributed by atoms with Gasteiger partial charge >= 0.3 is 0 Å². The molecule has 4 rings (SSSR count). The monoisotopic (exact) mass is 283 g/mol. The zero-order valence-corrected chi connectivity index (χ0v) is 11.7. The lowest BCUT2D eigenvalue weighted by Crippen LogP contribution is -2.27. The van der Waals surface area contributed by atoms with Crippen molar-refractivity contribution in [2.24, 2.45) is 0 Å². The quantitative estimate of drug-likeness (QED) is 0.771. The molecule has 2 aromatic heterocycles. The Hall–Kier alpha value is -2.21. The summed E-state index contributed by atoms with van der Waals surface area (Å²) in [5, 5.41) is 7.49. The van der Waals surface area contributed by atoms with E-state index in [0.29, 0.717) is 18.1 Å². The van der Waals surface area contributed by atoms with Crippen LogP contribution in [-0.2, 0) is 6.42 Å². The minimum atomic E-state index is 0.204. The summed E-state index contributed by atoms with van der Waals surface area (Å²) in [5.41, 5.74) is 2.00. The molecule has 6 heteroatoms. The first kappa shape index (κ1) is 12.5. The van der Waals surface area contributed by atoms with Crippen LogP contribution in [0.15, 0.2) is 28.8 Å². The predicted molar refractivity (Wildman–Crippen MR) is 77.8 cm³/mol. The van der Waals surface area contributed by atoms with E-state index in [4.69, 9.17) is 4.52 Å². The van der Waals surface area contributed by atoms with Gasteiger partial charge in [-0.15, -0.1) is 0 Å². The van der Waals surface area contributed by atoms with Gasteiger partial charge in [-0.2, -0.15) is 4.98 Å². The third kappa shape index (κ3) is 2.54. The Bertz CT molecular complexity index is 708. The number of aromatic amines is 1. The molecule has 0 radical (unpaired) electrons. The molecular weight excluding hydrogens is 266 g/mol. The van der Waals surface area contributed by atoms with E-state index in [1.165, 1.54) is 12.8 Å². The van der Waals surface area contributed by atoms with E-state index >= 15 is 0 Å². The van der Waals surface area contributed by atoms with Gasteiger partial charge in [-0.1, -0.05) is 23.7 Å². The maximum atomic E-state index is 5.39. The van der Waals surface area contributed by atoms with Gasteiger partial charge in [0.15, 0.2) is 5.82 Å². The average molecular weight is 283 g/mol. The highest BCUT2D eigenvalue weighted by atomic mass is 16.5. The summed E-state index contributed by atoms with van der Waals surface area (Å²) in [6, 6.07) is 8.18. The van der Waals surface area contributed by atoms with Crippen LogP contribution in [0.3, 0.4) is 0 Å². The first-order valence-electron chi connectivity index (χ1n) is 7.38. The molecule has 0 unspecified atom stereocenters. The highest BCUT2D eigenvalue weighted by Crippen LogP contribution is 2.21. The van der Waals surface area contributed by atoms with E-state index in [0.717, 1.165) is 29.8 Å². The third-order valence-corrected chi connectivity index (χ3v) is 3.86. The summed E-state index contributed by atoms with van der Waals surface area (Å²) in [5.74, 6) is 2.23. The molecule has 1 fully saturated rings. The fraction of sp³-hybridized carbons (Fsp3) is 0.400. The number of fused-ring (bicyclic) bond motifs is 1. The minimum absolute atomic E-state index is 0.204. The second-order valence-corrected chi connectivity index (χ2v) is 5.43. The number of para-hydroxylation sites is 2. The second kappa shape index (κ2) is 5.29. The van der Waals surface area contributed by atoms with Gasteiger partial charge in [-0.25, -0.2) is 4.98 Å². The minimum Gasteiger partial charge on any atom is -0.342 e. The summed E-state index contributed by atoms with van der Waals surface area (Å²) in [4.78, 5) is 12.3. The molecule has 0 bridgehead atoms. The van der Waals surface area contributed by atoms with Crippen molar-refractivity contribution in [3.8, 4) is 0 Å². The van der Waals surface area contributed by atoms with Crippen molar-refractivity contribution >= 4 is 11.0 Å². The standard InChI is InChI=1S/C15H17N5O/c1-2-6-11-10(5-1)17-13(18-11)9-14-19-15(21-20-14)12-7-3-4-8-16-12/h1-2,5-6,12,16H,3-4,7-9H2,(H,17,18)/t12-/m1/s1. The summed E-state index contributed by atoms with van der Waals surface area (Å²) in [7, 11) is 0. The Morgan fingerprint density at radius 3 is 3.00 bits per heavy atom. The maximum Gasteiger partial charge on any atom is 0.243 e. The van der Waals surface area contributed by atoms with Crippen molar-refractivity contribution in [1.82, 2.24) is 25.4 Å². The van der Waals surface area contributed by atoms with Crippen LogP contribution in [0.2, 0.25) is 0 Å². The number of imidazole rings is 1. The number of nitrogens with one attached hydrogen (secondary N) is 2. The highest BCUT2D eigenvalue weighted by molar-refractivity contribution is 5.74. The van der Waals surface area contributed by atoms with Crippen LogP contribution >= 0.6 is 0 Å². The van der Waals surface area contributed by atoms with Crippen molar-refractivity contribution in [2.45, 2.75) is 31.7 Å². The van der Waals surface area contributed by atoms with E-state index in [9.17, 15) is 0 Å². The zero-order valence-electron chi connectivity index (χ0n) is 11.7. The van der Waals surface area contributed by atoms with Crippen LogP contribution in [0.4, 0.5) is 0 Å². The normalized spacial score (nSPS) is 19.1. The lowest BCUT2D eigenvalue weighted by atomic mass is 10.1. The molecule has 6 nitrogen and oxygen atoms in total. The number of hydrogen-bond acceptors (Lipinski definition) is 5. The van der Waals surface area contributed by atoms with Gasteiger partial charge in [0.25, 0.3) is 0 Å². The number of piperidine rings is 1. The Morgan fingerprint density at radius 2 is 2.14 bits per heavy atom. The third-order valence-electron chi connectivity index (χ3n) is 3.86. The molecule has 3 aromatic rings. The van der Waals surface area contributed by atoms with Crippen molar-refractivity contribution in [3.05, 3.63) is 41.8 Å².